The third-order valence-corrected chi connectivity index (χ3v) is 1.79. The molecule has 1 heterocycles. The lowest BCUT2D eigenvalue weighted by Crippen LogP contribution is -2.29. The number of ether oxygens (including phenoxy) is 1. The Labute approximate surface area is 85.1 Å². The summed E-state index contributed by atoms with van der Waals surface area (Å²) in [4.78, 5) is 14.5. The SMILES string of the molecule is COC(=O)C(O)C(O)c1cc(F)ccn1. The molecule has 0 fully saturated rings. The molecular weight excluding hydrogens is 205 g/mol. The van der Waals surface area contributed by atoms with E-state index < -0.39 is 24.0 Å². The van der Waals surface area contributed by atoms with Crippen molar-refractivity contribution in [1.82, 2.24) is 4.98 Å². The minimum Gasteiger partial charge on any atom is -0.467 e. The number of rotatable bonds is 3. The molecule has 15 heavy (non-hydrogen) atoms. The molecule has 2 N–H and O–H groups in total. The highest BCUT2D eigenvalue weighted by Crippen LogP contribution is 2.15. The summed E-state index contributed by atoms with van der Waals surface area (Å²) >= 11 is 0. The van der Waals surface area contributed by atoms with Gasteiger partial charge in [-0.15, -0.1) is 0 Å². The molecule has 1 rings (SSSR count). The van der Waals surface area contributed by atoms with E-state index in [0.717, 1.165) is 25.4 Å². The molecule has 0 spiro atoms. The van der Waals surface area contributed by atoms with Gasteiger partial charge in [-0.05, 0) is 12.1 Å². The molecule has 0 radical (unpaired) electrons. The van der Waals surface area contributed by atoms with Crippen LogP contribution in [0.4, 0.5) is 4.39 Å². The summed E-state index contributed by atoms with van der Waals surface area (Å²) in [6.07, 6.45) is -2.25. The van der Waals surface area contributed by atoms with Crippen molar-refractivity contribution in [2.24, 2.45) is 0 Å². The van der Waals surface area contributed by atoms with E-state index in [1.807, 2.05) is 0 Å². The van der Waals surface area contributed by atoms with Gasteiger partial charge in [0, 0.05) is 6.20 Å². The lowest BCUT2D eigenvalue weighted by molar-refractivity contribution is -0.157. The van der Waals surface area contributed by atoms with Crippen LogP contribution in [0.1, 0.15) is 11.8 Å². The number of hydrogen-bond donors (Lipinski definition) is 2. The zero-order valence-corrected chi connectivity index (χ0v) is 7.92. The highest BCUT2D eigenvalue weighted by Gasteiger charge is 2.27. The van der Waals surface area contributed by atoms with Gasteiger partial charge in [0.25, 0.3) is 0 Å². The fourth-order valence-corrected chi connectivity index (χ4v) is 0.994. The van der Waals surface area contributed by atoms with Crippen molar-refractivity contribution >= 4 is 5.97 Å². The quantitative estimate of drug-likeness (QED) is 0.682. The number of pyridine rings is 1. The van der Waals surface area contributed by atoms with Crippen LogP contribution in [0.25, 0.3) is 0 Å². The molecule has 0 amide bonds. The second-order valence-corrected chi connectivity index (χ2v) is 2.81. The van der Waals surface area contributed by atoms with E-state index in [2.05, 4.69) is 9.72 Å². The van der Waals surface area contributed by atoms with E-state index in [1.165, 1.54) is 0 Å². The van der Waals surface area contributed by atoms with Crippen molar-refractivity contribution in [2.75, 3.05) is 7.11 Å². The normalized spacial score (nSPS) is 14.4. The van der Waals surface area contributed by atoms with E-state index in [4.69, 9.17) is 0 Å². The van der Waals surface area contributed by atoms with Crippen LogP contribution in [0.5, 0.6) is 0 Å². The highest BCUT2D eigenvalue weighted by atomic mass is 19.1. The van der Waals surface area contributed by atoms with Crippen molar-refractivity contribution in [3.05, 3.63) is 29.8 Å². The van der Waals surface area contributed by atoms with Crippen LogP contribution in [-0.4, -0.2) is 34.4 Å². The molecule has 0 saturated carbocycles. The number of methoxy groups -OCH3 is 1. The Balaban J connectivity index is 2.84. The number of esters is 1. The summed E-state index contributed by atoms with van der Waals surface area (Å²) < 4.78 is 16.9. The number of aromatic nitrogens is 1. The summed E-state index contributed by atoms with van der Waals surface area (Å²) in [6.45, 7) is 0. The molecular formula is C9H10FNO4. The van der Waals surface area contributed by atoms with Crippen molar-refractivity contribution in [2.45, 2.75) is 12.2 Å². The fourth-order valence-electron chi connectivity index (χ4n) is 0.994. The summed E-state index contributed by atoms with van der Waals surface area (Å²) in [6, 6.07) is 2.01. The van der Waals surface area contributed by atoms with Crippen molar-refractivity contribution in [1.29, 1.82) is 0 Å². The first-order valence-electron chi connectivity index (χ1n) is 4.11. The zero-order valence-electron chi connectivity index (χ0n) is 7.92. The van der Waals surface area contributed by atoms with Crippen LogP contribution >= 0.6 is 0 Å². The van der Waals surface area contributed by atoms with Gasteiger partial charge in [0.05, 0.1) is 12.8 Å². The molecule has 0 aliphatic rings. The molecule has 2 unspecified atom stereocenters. The maximum atomic E-state index is 12.7. The van der Waals surface area contributed by atoms with Crippen LogP contribution in [0.2, 0.25) is 0 Å². The number of aliphatic hydroxyl groups is 2. The number of hydrogen-bond acceptors (Lipinski definition) is 5. The summed E-state index contributed by atoms with van der Waals surface area (Å²) in [7, 11) is 1.07. The van der Waals surface area contributed by atoms with Crippen molar-refractivity contribution in [3.63, 3.8) is 0 Å². The number of nitrogens with zero attached hydrogens (tertiary/aromatic N) is 1. The monoisotopic (exact) mass is 215 g/mol. The fraction of sp³-hybridized carbons (Fsp3) is 0.333. The molecule has 1 aromatic heterocycles. The predicted octanol–water partition coefficient (Wildman–Crippen LogP) is -0.212. The van der Waals surface area contributed by atoms with Crippen LogP contribution in [0.15, 0.2) is 18.3 Å². The molecule has 2 atom stereocenters. The molecule has 1 aromatic rings. The Bertz CT molecular complexity index is 358. The standard InChI is InChI=1S/C9H10FNO4/c1-15-9(14)8(13)7(12)6-4-5(10)2-3-11-6/h2-4,7-8,12-13H,1H3. The average Bonchev–Trinajstić information content (AvgIpc) is 2.26. The van der Waals surface area contributed by atoms with Gasteiger partial charge in [-0.2, -0.15) is 0 Å². The maximum Gasteiger partial charge on any atom is 0.337 e. The van der Waals surface area contributed by atoms with Gasteiger partial charge >= 0.3 is 5.97 Å². The Hall–Kier alpha value is -1.53. The van der Waals surface area contributed by atoms with Gasteiger partial charge in [-0.1, -0.05) is 0 Å². The van der Waals surface area contributed by atoms with Gasteiger partial charge in [-0.3, -0.25) is 4.98 Å². The third-order valence-electron chi connectivity index (χ3n) is 1.79. The average molecular weight is 215 g/mol. The molecule has 82 valence electrons. The highest BCUT2D eigenvalue weighted by molar-refractivity contribution is 5.75. The van der Waals surface area contributed by atoms with Crippen LogP contribution in [-0.2, 0) is 9.53 Å². The molecule has 0 aliphatic heterocycles. The number of halogens is 1. The van der Waals surface area contributed by atoms with E-state index in [-0.39, 0.29) is 5.69 Å². The largest absolute Gasteiger partial charge is 0.467 e. The van der Waals surface area contributed by atoms with E-state index in [1.54, 1.807) is 0 Å². The van der Waals surface area contributed by atoms with Gasteiger partial charge in [0.15, 0.2) is 6.10 Å². The lowest BCUT2D eigenvalue weighted by Gasteiger charge is -2.14. The maximum absolute atomic E-state index is 12.7. The molecule has 5 nitrogen and oxygen atoms in total. The second-order valence-electron chi connectivity index (χ2n) is 2.81. The van der Waals surface area contributed by atoms with E-state index in [9.17, 15) is 19.4 Å². The van der Waals surface area contributed by atoms with E-state index >= 15 is 0 Å². The van der Waals surface area contributed by atoms with Gasteiger partial charge in [-0.25, -0.2) is 9.18 Å². The minimum atomic E-state index is -1.77. The van der Waals surface area contributed by atoms with E-state index in [0.29, 0.717) is 0 Å². The minimum absolute atomic E-state index is 0.132. The number of carbonyl (C=O) groups excluding carboxylic acids is 1. The Morgan fingerprint density at radius 1 is 1.60 bits per heavy atom. The van der Waals surface area contributed by atoms with Gasteiger partial charge < -0.3 is 14.9 Å². The van der Waals surface area contributed by atoms with Crippen molar-refractivity contribution in [3.8, 4) is 0 Å². The third kappa shape index (κ3) is 2.71. The second kappa shape index (κ2) is 4.81. The van der Waals surface area contributed by atoms with Crippen molar-refractivity contribution < 1.29 is 24.1 Å². The number of aliphatic hydroxyl groups excluding tert-OH is 2. The molecule has 0 aliphatic carbocycles. The number of carbonyl (C=O) groups is 1. The molecule has 0 saturated heterocycles. The topological polar surface area (TPSA) is 79.7 Å². The molecule has 0 bridgehead atoms. The summed E-state index contributed by atoms with van der Waals surface area (Å²) in [5.41, 5.74) is -0.132. The predicted molar refractivity (Wildman–Crippen MR) is 47.2 cm³/mol. The Morgan fingerprint density at radius 2 is 2.27 bits per heavy atom. The van der Waals surface area contributed by atoms with Gasteiger partial charge in [0.2, 0.25) is 0 Å². The first-order chi connectivity index (χ1) is 7.06. The summed E-state index contributed by atoms with van der Waals surface area (Å²) in [5.74, 6) is -1.62. The van der Waals surface area contributed by atoms with Gasteiger partial charge in [0.1, 0.15) is 11.9 Å². The van der Waals surface area contributed by atoms with Crippen LogP contribution in [0.3, 0.4) is 0 Å². The summed E-state index contributed by atoms with van der Waals surface area (Å²) in [5, 5.41) is 18.7. The molecule has 6 heteroatoms. The zero-order chi connectivity index (χ0) is 11.4. The first-order valence-corrected chi connectivity index (χ1v) is 4.11. The Kier molecular flexibility index (Phi) is 3.70. The lowest BCUT2D eigenvalue weighted by atomic mass is 10.1. The molecule has 0 aromatic carbocycles. The first kappa shape index (κ1) is 11.5. The van der Waals surface area contributed by atoms with Crippen LogP contribution < -0.4 is 0 Å². The Morgan fingerprint density at radius 3 is 2.80 bits per heavy atom. The van der Waals surface area contributed by atoms with Crippen LogP contribution in [0, 0.1) is 5.82 Å². The smallest absolute Gasteiger partial charge is 0.337 e.